The highest BCUT2D eigenvalue weighted by molar-refractivity contribution is 5.17. The van der Waals surface area contributed by atoms with E-state index in [1.807, 2.05) is 0 Å². The molecule has 0 atom stereocenters. The summed E-state index contributed by atoms with van der Waals surface area (Å²) in [4.78, 5) is 2.32. The van der Waals surface area contributed by atoms with Gasteiger partial charge in [-0.2, -0.15) is 0 Å². The van der Waals surface area contributed by atoms with Crippen LogP contribution in [0.25, 0.3) is 0 Å². The van der Waals surface area contributed by atoms with Crippen LogP contribution in [0.15, 0.2) is 72.9 Å². The number of rotatable bonds is 5. The summed E-state index contributed by atoms with van der Waals surface area (Å²) in [6.45, 7) is 3.95. The van der Waals surface area contributed by atoms with Crippen molar-refractivity contribution in [3.8, 4) is 0 Å². The van der Waals surface area contributed by atoms with E-state index in [2.05, 4.69) is 84.8 Å². The van der Waals surface area contributed by atoms with E-state index in [1.54, 1.807) is 0 Å². The molecule has 2 aromatic rings. The Kier molecular flexibility index (Phi) is 4.60. The van der Waals surface area contributed by atoms with Gasteiger partial charge in [-0.3, -0.25) is 0 Å². The fraction of sp³-hybridized carbons (Fsp3) is 0.176. The summed E-state index contributed by atoms with van der Waals surface area (Å²) in [6.07, 6.45) is 4.24. The van der Waals surface area contributed by atoms with E-state index in [0.29, 0.717) is 0 Å². The van der Waals surface area contributed by atoms with Gasteiger partial charge in [-0.25, -0.2) is 0 Å². The van der Waals surface area contributed by atoms with Gasteiger partial charge in [0.05, 0.1) is 0 Å². The van der Waals surface area contributed by atoms with Gasteiger partial charge in [-0.1, -0.05) is 66.7 Å². The third kappa shape index (κ3) is 3.77. The van der Waals surface area contributed by atoms with E-state index in [1.165, 1.54) is 11.1 Å². The quantitative estimate of drug-likeness (QED) is 0.752. The molecule has 2 aromatic carbocycles. The summed E-state index contributed by atoms with van der Waals surface area (Å²) in [5.74, 6) is 0. The van der Waals surface area contributed by atoms with Gasteiger partial charge in [0.2, 0.25) is 0 Å². The second kappa shape index (κ2) is 6.65. The van der Waals surface area contributed by atoms with Crippen LogP contribution in [0.5, 0.6) is 0 Å². The molecule has 92 valence electrons. The largest absolute Gasteiger partial charge is 0.369 e. The molecule has 0 amide bonds. The smallest absolute Gasteiger partial charge is 0.0427 e. The third-order valence-electron chi connectivity index (χ3n) is 2.82. The Morgan fingerprint density at radius 2 is 1.22 bits per heavy atom. The highest BCUT2D eigenvalue weighted by Gasteiger charge is 2.01. The molecule has 1 nitrogen and oxygen atoms in total. The average molecular weight is 237 g/mol. The van der Waals surface area contributed by atoms with E-state index < -0.39 is 0 Å². The minimum absolute atomic E-state index is 0.945. The van der Waals surface area contributed by atoms with Crippen LogP contribution in [0.1, 0.15) is 18.1 Å². The third-order valence-corrected chi connectivity index (χ3v) is 2.82. The van der Waals surface area contributed by atoms with E-state index in [9.17, 15) is 0 Å². The molecule has 18 heavy (non-hydrogen) atoms. The van der Waals surface area contributed by atoms with Gasteiger partial charge < -0.3 is 4.90 Å². The standard InChI is InChI=1S/C17H19N/c1-2-13-18(14-16-9-5-3-6-10-16)15-17-11-7-4-8-12-17/h2-13H,14-15H2,1H3. The van der Waals surface area contributed by atoms with Crippen LogP contribution in [0.2, 0.25) is 0 Å². The molecule has 0 heterocycles. The molecular formula is C17H19N. The number of allylic oxidation sites excluding steroid dienone is 1. The summed E-state index contributed by atoms with van der Waals surface area (Å²) in [5, 5.41) is 0. The molecule has 0 aliphatic carbocycles. The molecule has 0 bridgehead atoms. The van der Waals surface area contributed by atoms with Gasteiger partial charge in [0.15, 0.2) is 0 Å². The Morgan fingerprint density at radius 3 is 1.61 bits per heavy atom. The number of benzene rings is 2. The topological polar surface area (TPSA) is 3.24 Å². The van der Waals surface area contributed by atoms with Crippen LogP contribution in [-0.2, 0) is 13.1 Å². The van der Waals surface area contributed by atoms with Crippen LogP contribution >= 0.6 is 0 Å². The van der Waals surface area contributed by atoms with Gasteiger partial charge in [-0.05, 0) is 24.3 Å². The molecule has 0 saturated heterocycles. The Balaban J connectivity index is 2.05. The second-order valence-corrected chi connectivity index (χ2v) is 4.36. The fourth-order valence-corrected chi connectivity index (χ4v) is 2.01. The number of hydrogen-bond donors (Lipinski definition) is 0. The highest BCUT2D eigenvalue weighted by atomic mass is 15.1. The van der Waals surface area contributed by atoms with E-state index in [-0.39, 0.29) is 0 Å². The maximum absolute atomic E-state index is 2.32. The molecule has 0 fully saturated rings. The van der Waals surface area contributed by atoms with Crippen molar-refractivity contribution in [1.29, 1.82) is 0 Å². The molecule has 2 rings (SSSR count). The Labute approximate surface area is 109 Å². The van der Waals surface area contributed by atoms with Crippen molar-refractivity contribution in [3.05, 3.63) is 84.1 Å². The Bertz CT molecular complexity index is 432. The SMILES string of the molecule is CC=CN(Cc1ccccc1)Cc1ccccc1. The van der Waals surface area contributed by atoms with Gasteiger partial charge in [0.25, 0.3) is 0 Å². The summed E-state index contributed by atoms with van der Waals surface area (Å²) in [7, 11) is 0. The molecule has 0 spiro atoms. The molecule has 0 unspecified atom stereocenters. The zero-order valence-corrected chi connectivity index (χ0v) is 10.8. The molecule has 0 radical (unpaired) electrons. The molecule has 0 N–H and O–H groups in total. The zero-order valence-electron chi connectivity index (χ0n) is 10.8. The minimum atomic E-state index is 0.945. The van der Waals surface area contributed by atoms with E-state index >= 15 is 0 Å². The maximum Gasteiger partial charge on any atom is 0.0427 e. The first-order valence-corrected chi connectivity index (χ1v) is 6.33. The van der Waals surface area contributed by atoms with Gasteiger partial charge in [0, 0.05) is 13.1 Å². The van der Waals surface area contributed by atoms with Crippen LogP contribution in [-0.4, -0.2) is 4.90 Å². The first kappa shape index (κ1) is 12.4. The fourth-order valence-electron chi connectivity index (χ4n) is 2.01. The molecule has 0 aromatic heterocycles. The van der Waals surface area contributed by atoms with Crippen molar-refractivity contribution in [3.63, 3.8) is 0 Å². The number of hydrogen-bond acceptors (Lipinski definition) is 1. The Hall–Kier alpha value is -2.02. The lowest BCUT2D eigenvalue weighted by molar-refractivity contribution is 0.361. The Morgan fingerprint density at radius 1 is 0.778 bits per heavy atom. The van der Waals surface area contributed by atoms with Crippen LogP contribution < -0.4 is 0 Å². The van der Waals surface area contributed by atoms with Crippen molar-refractivity contribution in [2.75, 3.05) is 0 Å². The molecule has 0 saturated carbocycles. The van der Waals surface area contributed by atoms with Crippen molar-refractivity contribution >= 4 is 0 Å². The van der Waals surface area contributed by atoms with Crippen LogP contribution in [0.4, 0.5) is 0 Å². The lowest BCUT2D eigenvalue weighted by Crippen LogP contribution is -2.16. The molecule has 0 aliphatic rings. The summed E-state index contributed by atoms with van der Waals surface area (Å²) in [5.41, 5.74) is 2.68. The van der Waals surface area contributed by atoms with Crippen molar-refractivity contribution in [2.45, 2.75) is 20.0 Å². The summed E-state index contributed by atoms with van der Waals surface area (Å²) >= 11 is 0. The van der Waals surface area contributed by atoms with E-state index in [0.717, 1.165) is 13.1 Å². The van der Waals surface area contributed by atoms with Gasteiger partial charge >= 0.3 is 0 Å². The van der Waals surface area contributed by atoms with Crippen molar-refractivity contribution in [1.82, 2.24) is 4.90 Å². The molecule has 0 aliphatic heterocycles. The normalized spacial score (nSPS) is 10.7. The van der Waals surface area contributed by atoms with Gasteiger partial charge in [-0.15, -0.1) is 0 Å². The minimum Gasteiger partial charge on any atom is -0.369 e. The molecular weight excluding hydrogens is 218 g/mol. The second-order valence-electron chi connectivity index (χ2n) is 4.36. The first-order valence-electron chi connectivity index (χ1n) is 6.33. The molecule has 1 heteroatoms. The van der Waals surface area contributed by atoms with Crippen LogP contribution in [0.3, 0.4) is 0 Å². The average Bonchev–Trinajstić information content (AvgIpc) is 2.41. The van der Waals surface area contributed by atoms with E-state index in [4.69, 9.17) is 0 Å². The van der Waals surface area contributed by atoms with Crippen molar-refractivity contribution in [2.24, 2.45) is 0 Å². The predicted molar refractivity (Wildman–Crippen MR) is 76.9 cm³/mol. The monoisotopic (exact) mass is 237 g/mol. The van der Waals surface area contributed by atoms with Crippen molar-refractivity contribution < 1.29 is 0 Å². The maximum atomic E-state index is 2.32. The highest BCUT2D eigenvalue weighted by Crippen LogP contribution is 2.10. The van der Waals surface area contributed by atoms with Gasteiger partial charge in [0.1, 0.15) is 0 Å². The lowest BCUT2D eigenvalue weighted by atomic mass is 10.2. The summed E-state index contributed by atoms with van der Waals surface area (Å²) in [6, 6.07) is 21.1. The summed E-state index contributed by atoms with van der Waals surface area (Å²) < 4.78 is 0. The predicted octanol–water partition coefficient (Wildman–Crippen LogP) is 4.22. The zero-order chi connectivity index (χ0) is 12.6. The first-order chi connectivity index (χ1) is 8.88. The lowest BCUT2D eigenvalue weighted by Gasteiger charge is -2.20. The van der Waals surface area contributed by atoms with Crippen LogP contribution in [0, 0.1) is 0 Å². The number of nitrogens with zero attached hydrogens (tertiary/aromatic N) is 1.